The minimum atomic E-state index is 0.539. The standard InChI is InChI=1S/C10H17N3/c1-10(2)5-3-9(4-6-10)13-8-11-7-12-13/h7-9H,3-6H2,1-2H3. The Hall–Kier alpha value is -0.860. The lowest BCUT2D eigenvalue weighted by Gasteiger charge is -2.34. The number of aromatic nitrogens is 3. The zero-order valence-electron chi connectivity index (χ0n) is 8.40. The molecule has 1 aromatic rings. The highest BCUT2D eigenvalue weighted by Crippen LogP contribution is 2.39. The summed E-state index contributed by atoms with van der Waals surface area (Å²) in [5.41, 5.74) is 0.539. The van der Waals surface area contributed by atoms with Gasteiger partial charge in [-0.05, 0) is 31.1 Å². The van der Waals surface area contributed by atoms with Crippen molar-refractivity contribution in [3.8, 4) is 0 Å². The fourth-order valence-electron chi connectivity index (χ4n) is 2.05. The molecule has 0 saturated heterocycles. The van der Waals surface area contributed by atoms with Crippen LogP contribution >= 0.6 is 0 Å². The van der Waals surface area contributed by atoms with Crippen LogP contribution in [0.4, 0.5) is 0 Å². The number of hydrogen-bond donors (Lipinski definition) is 0. The Kier molecular flexibility index (Phi) is 2.10. The van der Waals surface area contributed by atoms with Gasteiger partial charge in [0, 0.05) is 0 Å². The maximum atomic E-state index is 4.19. The number of hydrogen-bond acceptors (Lipinski definition) is 2. The lowest BCUT2D eigenvalue weighted by atomic mass is 9.76. The predicted octanol–water partition coefficient (Wildman–Crippen LogP) is 2.42. The van der Waals surface area contributed by atoms with E-state index in [9.17, 15) is 0 Å². The molecule has 2 rings (SSSR count). The van der Waals surface area contributed by atoms with Gasteiger partial charge < -0.3 is 0 Å². The van der Waals surface area contributed by atoms with Crippen molar-refractivity contribution < 1.29 is 0 Å². The molecular formula is C10H17N3. The van der Waals surface area contributed by atoms with E-state index >= 15 is 0 Å². The minimum absolute atomic E-state index is 0.539. The molecule has 1 saturated carbocycles. The molecule has 0 N–H and O–H groups in total. The Morgan fingerprint density at radius 1 is 1.31 bits per heavy atom. The Balaban J connectivity index is 1.99. The van der Waals surface area contributed by atoms with E-state index in [1.807, 2.05) is 11.0 Å². The first-order valence-corrected chi connectivity index (χ1v) is 5.01. The van der Waals surface area contributed by atoms with Crippen LogP contribution in [0.25, 0.3) is 0 Å². The third kappa shape index (κ3) is 1.90. The molecule has 13 heavy (non-hydrogen) atoms. The van der Waals surface area contributed by atoms with E-state index in [-0.39, 0.29) is 0 Å². The van der Waals surface area contributed by atoms with E-state index in [0.29, 0.717) is 11.5 Å². The van der Waals surface area contributed by atoms with Crippen LogP contribution in [0.1, 0.15) is 45.6 Å². The summed E-state index contributed by atoms with van der Waals surface area (Å²) in [5, 5.41) is 4.19. The monoisotopic (exact) mass is 179 g/mol. The molecule has 0 amide bonds. The Bertz CT molecular complexity index is 254. The van der Waals surface area contributed by atoms with Crippen molar-refractivity contribution in [2.24, 2.45) is 5.41 Å². The van der Waals surface area contributed by atoms with Gasteiger partial charge in [-0.1, -0.05) is 13.8 Å². The summed E-state index contributed by atoms with van der Waals surface area (Å²) in [6, 6.07) is 0.593. The highest BCUT2D eigenvalue weighted by molar-refractivity contribution is 4.81. The van der Waals surface area contributed by atoms with Crippen LogP contribution in [0.2, 0.25) is 0 Å². The van der Waals surface area contributed by atoms with Crippen molar-refractivity contribution in [1.29, 1.82) is 0 Å². The van der Waals surface area contributed by atoms with Crippen LogP contribution in [0.5, 0.6) is 0 Å². The molecule has 0 aliphatic heterocycles. The van der Waals surface area contributed by atoms with Gasteiger partial charge in [-0.3, -0.25) is 0 Å². The van der Waals surface area contributed by atoms with E-state index in [1.54, 1.807) is 6.33 Å². The van der Waals surface area contributed by atoms with E-state index in [2.05, 4.69) is 23.9 Å². The van der Waals surface area contributed by atoms with Gasteiger partial charge in [0.05, 0.1) is 6.04 Å². The third-order valence-corrected chi connectivity index (χ3v) is 3.12. The third-order valence-electron chi connectivity index (χ3n) is 3.12. The summed E-state index contributed by atoms with van der Waals surface area (Å²) in [7, 11) is 0. The molecule has 0 atom stereocenters. The van der Waals surface area contributed by atoms with Gasteiger partial charge in [-0.2, -0.15) is 5.10 Å². The molecule has 1 aliphatic carbocycles. The topological polar surface area (TPSA) is 30.7 Å². The van der Waals surface area contributed by atoms with Crippen molar-refractivity contribution >= 4 is 0 Å². The molecular weight excluding hydrogens is 162 g/mol. The van der Waals surface area contributed by atoms with Gasteiger partial charge >= 0.3 is 0 Å². The molecule has 3 nitrogen and oxygen atoms in total. The van der Waals surface area contributed by atoms with Gasteiger partial charge in [0.1, 0.15) is 12.7 Å². The summed E-state index contributed by atoms with van der Waals surface area (Å²) < 4.78 is 2.01. The second kappa shape index (κ2) is 3.13. The summed E-state index contributed by atoms with van der Waals surface area (Å²) in [6.07, 6.45) is 8.56. The highest BCUT2D eigenvalue weighted by Gasteiger charge is 2.27. The Labute approximate surface area is 79.2 Å². The summed E-state index contributed by atoms with van der Waals surface area (Å²) in [4.78, 5) is 3.99. The number of nitrogens with zero attached hydrogens (tertiary/aromatic N) is 3. The van der Waals surface area contributed by atoms with Crippen LogP contribution in [0.3, 0.4) is 0 Å². The molecule has 0 aromatic carbocycles. The normalized spacial score (nSPS) is 23.2. The van der Waals surface area contributed by atoms with E-state index < -0.39 is 0 Å². The van der Waals surface area contributed by atoms with Crippen LogP contribution in [-0.2, 0) is 0 Å². The first-order chi connectivity index (χ1) is 6.17. The predicted molar refractivity (Wildman–Crippen MR) is 51.3 cm³/mol. The summed E-state index contributed by atoms with van der Waals surface area (Å²) in [6.45, 7) is 4.70. The smallest absolute Gasteiger partial charge is 0.137 e. The zero-order valence-corrected chi connectivity index (χ0v) is 8.40. The van der Waals surface area contributed by atoms with Crippen LogP contribution in [0.15, 0.2) is 12.7 Å². The van der Waals surface area contributed by atoms with Crippen molar-refractivity contribution in [3.63, 3.8) is 0 Å². The molecule has 0 unspecified atom stereocenters. The van der Waals surface area contributed by atoms with Gasteiger partial charge in [0.2, 0.25) is 0 Å². The number of rotatable bonds is 1. The van der Waals surface area contributed by atoms with Gasteiger partial charge in [-0.15, -0.1) is 0 Å². The maximum absolute atomic E-state index is 4.19. The highest BCUT2D eigenvalue weighted by atomic mass is 15.3. The second-order valence-electron chi connectivity index (χ2n) is 4.77. The molecule has 0 bridgehead atoms. The first kappa shape index (κ1) is 8.73. The average molecular weight is 179 g/mol. The first-order valence-electron chi connectivity index (χ1n) is 5.01. The van der Waals surface area contributed by atoms with Crippen molar-refractivity contribution in [1.82, 2.24) is 14.8 Å². The molecule has 0 spiro atoms. The van der Waals surface area contributed by atoms with E-state index in [0.717, 1.165) is 0 Å². The largest absolute Gasteiger partial charge is 0.250 e. The fraction of sp³-hybridized carbons (Fsp3) is 0.800. The fourth-order valence-corrected chi connectivity index (χ4v) is 2.05. The minimum Gasteiger partial charge on any atom is -0.250 e. The molecule has 0 radical (unpaired) electrons. The van der Waals surface area contributed by atoms with Crippen molar-refractivity contribution in [2.75, 3.05) is 0 Å². The molecule has 1 heterocycles. The van der Waals surface area contributed by atoms with Crippen molar-refractivity contribution in [2.45, 2.75) is 45.6 Å². The van der Waals surface area contributed by atoms with E-state index in [1.165, 1.54) is 25.7 Å². The molecule has 1 fully saturated rings. The van der Waals surface area contributed by atoms with Crippen LogP contribution in [-0.4, -0.2) is 14.8 Å². The van der Waals surface area contributed by atoms with Crippen molar-refractivity contribution in [3.05, 3.63) is 12.7 Å². The zero-order chi connectivity index (χ0) is 9.31. The van der Waals surface area contributed by atoms with Crippen LogP contribution in [0, 0.1) is 5.41 Å². The molecule has 72 valence electrons. The van der Waals surface area contributed by atoms with Gasteiger partial charge in [0.15, 0.2) is 0 Å². The van der Waals surface area contributed by atoms with Gasteiger partial charge in [-0.25, -0.2) is 9.67 Å². The summed E-state index contributed by atoms with van der Waals surface area (Å²) >= 11 is 0. The van der Waals surface area contributed by atoms with Gasteiger partial charge in [0.25, 0.3) is 0 Å². The SMILES string of the molecule is CC1(C)CCC(n2cncn2)CC1. The average Bonchev–Trinajstić information content (AvgIpc) is 2.56. The molecule has 3 heteroatoms. The lowest BCUT2D eigenvalue weighted by molar-refractivity contribution is 0.186. The van der Waals surface area contributed by atoms with Crippen LogP contribution < -0.4 is 0 Å². The molecule has 1 aliphatic rings. The van der Waals surface area contributed by atoms with E-state index in [4.69, 9.17) is 0 Å². The second-order valence-corrected chi connectivity index (χ2v) is 4.77. The molecule has 1 aromatic heterocycles. The quantitative estimate of drug-likeness (QED) is 0.663. The Morgan fingerprint density at radius 3 is 2.54 bits per heavy atom. The lowest BCUT2D eigenvalue weighted by Crippen LogP contribution is -2.23. The maximum Gasteiger partial charge on any atom is 0.137 e. The summed E-state index contributed by atoms with van der Waals surface area (Å²) in [5.74, 6) is 0. The Morgan fingerprint density at radius 2 is 2.00 bits per heavy atom.